The lowest BCUT2D eigenvalue weighted by molar-refractivity contribution is 0.448. The van der Waals surface area contributed by atoms with E-state index in [9.17, 15) is 5.11 Å². The molecule has 0 saturated carbocycles. The van der Waals surface area contributed by atoms with Crippen molar-refractivity contribution < 1.29 is 5.11 Å². The summed E-state index contributed by atoms with van der Waals surface area (Å²) in [5.74, 6) is 2.00. The molecule has 7 nitrogen and oxygen atoms in total. The molecule has 2 aromatic rings. The van der Waals surface area contributed by atoms with Gasteiger partial charge in [-0.25, -0.2) is 4.98 Å². The predicted octanol–water partition coefficient (Wildman–Crippen LogP) is 1.78. The summed E-state index contributed by atoms with van der Waals surface area (Å²) in [4.78, 5) is 10.9. The zero-order chi connectivity index (χ0) is 16.7. The average molecular weight is 444 g/mol. The number of nitrogens with one attached hydrogen (secondary N) is 1. The molecule has 1 heterocycles. The molecule has 0 saturated heterocycles. The third-order valence-corrected chi connectivity index (χ3v) is 3.45. The highest BCUT2D eigenvalue weighted by molar-refractivity contribution is 14.0. The number of aromatic hydroxyl groups is 1. The number of rotatable bonds is 6. The van der Waals surface area contributed by atoms with E-state index in [0.717, 1.165) is 30.3 Å². The van der Waals surface area contributed by atoms with Crippen molar-refractivity contribution in [1.82, 2.24) is 25.0 Å². The molecule has 1 aromatic heterocycles. The lowest BCUT2D eigenvalue weighted by Gasteiger charge is -2.21. The first-order valence-corrected chi connectivity index (χ1v) is 7.70. The Morgan fingerprint density at radius 3 is 2.83 bits per heavy atom. The number of aliphatic imine (C=N–C) groups is 1. The molecule has 0 spiro atoms. The molecule has 0 radical (unpaired) electrons. The van der Waals surface area contributed by atoms with Gasteiger partial charge in [-0.05, 0) is 31.0 Å². The molecule has 0 unspecified atom stereocenters. The van der Waals surface area contributed by atoms with Crippen molar-refractivity contribution >= 4 is 29.9 Å². The van der Waals surface area contributed by atoms with E-state index < -0.39 is 0 Å². The lowest BCUT2D eigenvalue weighted by atomic mass is 10.1. The quantitative estimate of drug-likeness (QED) is 0.404. The molecule has 0 atom stereocenters. The Balaban J connectivity index is 0.00000288. The van der Waals surface area contributed by atoms with E-state index >= 15 is 0 Å². The third kappa shape index (κ3) is 5.99. The van der Waals surface area contributed by atoms with E-state index in [2.05, 4.69) is 20.4 Å². The van der Waals surface area contributed by atoms with E-state index in [1.165, 1.54) is 0 Å². The van der Waals surface area contributed by atoms with Gasteiger partial charge >= 0.3 is 0 Å². The summed E-state index contributed by atoms with van der Waals surface area (Å²) in [6.45, 7) is 4.12. The van der Waals surface area contributed by atoms with Gasteiger partial charge in [-0.15, -0.1) is 24.0 Å². The Morgan fingerprint density at radius 2 is 2.21 bits per heavy atom. The molecule has 0 fully saturated rings. The molecular formula is C16H25IN6O. The number of aryl methyl sites for hydroxylation is 1. The lowest BCUT2D eigenvalue weighted by Crippen LogP contribution is -2.39. The standard InChI is InChI=1S/C16H24N6O.HI/c1-4-17-16(21(2)11-15-19-12-20-22(15)3)18-9-8-13-6-5-7-14(23)10-13;/h5-7,10,12,23H,4,8-9,11H2,1-3H3,(H,17,18);1H. The fraction of sp³-hybridized carbons (Fsp3) is 0.438. The Labute approximate surface area is 159 Å². The maximum absolute atomic E-state index is 9.49. The summed E-state index contributed by atoms with van der Waals surface area (Å²) < 4.78 is 1.76. The van der Waals surface area contributed by atoms with Gasteiger partial charge < -0.3 is 15.3 Å². The number of aromatic nitrogens is 3. The minimum absolute atomic E-state index is 0. The minimum atomic E-state index is 0. The normalized spacial score (nSPS) is 11.0. The Morgan fingerprint density at radius 1 is 1.42 bits per heavy atom. The summed E-state index contributed by atoms with van der Waals surface area (Å²) in [5.41, 5.74) is 1.07. The molecule has 2 rings (SSSR count). The number of benzene rings is 1. The van der Waals surface area contributed by atoms with Gasteiger partial charge in [0.05, 0.1) is 6.54 Å². The predicted molar refractivity (Wildman–Crippen MR) is 106 cm³/mol. The number of guanidine groups is 1. The van der Waals surface area contributed by atoms with E-state index in [4.69, 9.17) is 0 Å². The van der Waals surface area contributed by atoms with Crippen molar-refractivity contribution in [2.24, 2.45) is 12.0 Å². The smallest absolute Gasteiger partial charge is 0.194 e. The van der Waals surface area contributed by atoms with Crippen LogP contribution in [0.3, 0.4) is 0 Å². The summed E-state index contributed by atoms with van der Waals surface area (Å²) >= 11 is 0. The van der Waals surface area contributed by atoms with Crippen molar-refractivity contribution in [3.63, 3.8) is 0 Å². The van der Waals surface area contributed by atoms with Crippen LogP contribution in [0.1, 0.15) is 18.3 Å². The largest absolute Gasteiger partial charge is 0.508 e. The zero-order valence-corrected chi connectivity index (χ0v) is 16.6. The molecule has 1 aromatic carbocycles. The number of phenols is 1. The second-order valence-corrected chi connectivity index (χ2v) is 5.31. The van der Waals surface area contributed by atoms with Gasteiger partial charge in [0, 0.05) is 27.2 Å². The molecule has 8 heteroatoms. The molecular weight excluding hydrogens is 419 g/mol. The second-order valence-electron chi connectivity index (χ2n) is 5.31. The number of hydrogen-bond donors (Lipinski definition) is 2. The van der Waals surface area contributed by atoms with Gasteiger partial charge in [0.15, 0.2) is 5.96 Å². The number of halogens is 1. The van der Waals surface area contributed by atoms with Gasteiger partial charge in [-0.3, -0.25) is 9.67 Å². The zero-order valence-electron chi connectivity index (χ0n) is 14.3. The van der Waals surface area contributed by atoms with Gasteiger partial charge in [-0.1, -0.05) is 12.1 Å². The highest BCUT2D eigenvalue weighted by atomic mass is 127. The number of phenolic OH excluding ortho intramolecular Hbond substituents is 1. The maximum atomic E-state index is 9.49. The monoisotopic (exact) mass is 444 g/mol. The number of hydrogen-bond acceptors (Lipinski definition) is 4. The topological polar surface area (TPSA) is 78.6 Å². The van der Waals surface area contributed by atoms with E-state index in [-0.39, 0.29) is 29.7 Å². The van der Waals surface area contributed by atoms with E-state index in [1.54, 1.807) is 23.1 Å². The van der Waals surface area contributed by atoms with Crippen LogP contribution in [0.15, 0.2) is 35.6 Å². The highest BCUT2D eigenvalue weighted by Crippen LogP contribution is 2.11. The van der Waals surface area contributed by atoms with Crippen molar-refractivity contribution in [3.8, 4) is 5.75 Å². The molecule has 24 heavy (non-hydrogen) atoms. The van der Waals surface area contributed by atoms with Crippen LogP contribution in [0.5, 0.6) is 5.75 Å². The van der Waals surface area contributed by atoms with Crippen LogP contribution < -0.4 is 5.32 Å². The van der Waals surface area contributed by atoms with Crippen LogP contribution in [-0.2, 0) is 20.0 Å². The van der Waals surface area contributed by atoms with Crippen LogP contribution in [0, 0.1) is 0 Å². The first-order chi connectivity index (χ1) is 11.1. The van der Waals surface area contributed by atoms with Gasteiger partial charge in [0.1, 0.15) is 17.9 Å². The van der Waals surface area contributed by atoms with Crippen molar-refractivity contribution in [2.75, 3.05) is 20.1 Å². The third-order valence-electron chi connectivity index (χ3n) is 3.45. The SMILES string of the molecule is CCNC(=NCCc1cccc(O)c1)N(C)Cc1ncnn1C.I. The fourth-order valence-corrected chi connectivity index (χ4v) is 2.22. The van der Waals surface area contributed by atoms with E-state index in [0.29, 0.717) is 13.1 Å². The van der Waals surface area contributed by atoms with Gasteiger partial charge in [-0.2, -0.15) is 5.10 Å². The van der Waals surface area contributed by atoms with Crippen LogP contribution in [-0.4, -0.2) is 50.9 Å². The number of nitrogens with zero attached hydrogens (tertiary/aromatic N) is 5. The summed E-state index contributed by atoms with van der Waals surface area (Å²) in [6.07, 6.45) is 2.33. The highest BCUT2D eigenvalue weighted by Gasteiger charge is 2.09. The van der Waals surface area contributed by atoms with Crippen LogP contribution >= 0.6 is 24.0 Å². The van der Waals surface area contributed by atoms with Crippen LogP contribution in [0.2, 0.25) is 0 Å². The Hall–Kier alpha value is -1.84. The van der Waals surface area contributed by atoms with Crippen LogP contribution in [0.25, 0.3) is 0 Å². The average Bonchev–Trinajstić information content (AvgIpc) is 2.91. The first kappa shape index (κ1) is 20.2. The van der Waals surface area contributed by atoms with Crippen molar-refractivity contribution in [2.45, 2.75) is 19.9 Å². The summed E-state index contributed by atoms with van der Waals surface area (Å²) in [6, 6.07) is 7.28. The van der Waals surface area contributed by atoms with E-state index in [1.807, 2.05) is 38.1 Å². The Kier molecular flexibility index (Phi) is 8.51. The molecule has 0 amide bonds. The fourth-order valence-electron chi connectivity index (χ4n) is 2.22. The molecule has 132 valence electrons. The second kappa shape index (κ2) is 10.1. The van der Waals surface area contributed by atoms with Crippen LogP contribution in [0.4, 0.5) is 0 Å². The molecule has 0 aliphatic rings. The molecule has 0 bridgehead atoms. The maximum Gasteiger partial charge on any atom is 0.194 e. The van der Waals surface area contributed by atoms with Crippen molar-refractivity contribution in [1.29, 1.82) is 0 Å². The van der Waals surface area contributed by atoms with Crippen molar-refractivity contribution in [3.05, 3.63) is 42.0 Å². The minimum Gasteiger partial charge on any atom is -0.508 e. The molecule has 0 aliphatic carbocycles. The van der Waals surface area contributed by atoms with Gasteiger partial charge in [0.25, 0.3) is 0 Å². The summed E-state index contributed by atoms with van der Waals surface area (Å²) in [5, 5.41) is 16.9. The first-order valence-electron chi connectivity index (χ1n) is 7.70. The Bertz CT molecular complexity index is 658. The molecule has 2 N–H and O–H groups in total. The summed E-state index contributed by atoms with van der Waals surface area (Å²) in [7, 11) is 3.85. The molecule has 0 aliphatic heterocycles. The van der Waals surface area contributed by atoms with Gasteiger partial charge in [0.2, 0.25) is 0 Å².